The van der Waals surface area contributed by atoms with E-state index in [4.69, 9.17) is 10.4 Å². The van der Waals surface area contributed by atoms with Crippen LogP contribution in [0.5, 0.6) is 0 Å². The maximum atomic E-state index is 12.1. The van der Waals surface area contributed by atoms with Crippen LogP contribution >= 0.6 is 11.8 Å². The molecule has 0 aliphatic carbocycles. The fourth-order valence-corrected chi connectivity index (χ4v) is 3.10. The molecule has 2 rings (SSSR count). The fraction of sp³-hybridized carbons (Fsp3) is 0.308. The van der Waals surface area contributed by atoms with Crippen LogP contribution < -0.4 is 5.32 Å². The molecule has 20 heavy (non-hydrogen) atoms. The summed E-state index contributed by atoms with van der Waals surface area (Å²) in [6.07, 6.45) is 0. The van der Waals surface area contributed by atoms with Gasteiger partial charge in [0, 0.05) is 5.75 Å². The molecule has 0 aromatic heterocycles. The topological polar surface area (TPSA) is 93.4 Å². The maximum absolute atomic E-state index is 12.1. The smallest absolute Gasteiger partial charge is 0.327 e. The Morgan fingerprint density at radius 1 is 1.55 bits per heavy atom. The van der Waals surface area contributed by atoms with E-state index in [1.54, 1.807) is 25.1 Å². The first kappa shape index (κ1) is 14.2. The number of amides is 2. The van der Waals surface area contributed by atoms with Crippen molar-refractivity contribution in [2.24, 2.45) is 0 Å². The molecule has 0 radical (unpaired) electrons. The average Bonchev–Trinajstić information content (AvgIpc) is 2.88. The number of hydrogen-bond donors (Lipinski definition) is 2. The van der Waals surface area contributed by atoms with Crippen LogP contribution in [0.25, 0.3) is 0 Å². The number of carboxylic acid groups (broad SMARTS) is 1. The van der Waals surface area contributed by atoms with Crippen LogP contribution in [-0.2, 0) is 4.79 Å². The molecule has 1 aromatic rings. The number of benzene rings is 1. The molecule has 0 spiro atoms. The quantitative estimate of drug-likeness (QED) is 0.867. The number of urea groups is 1. The molecule has 6 nitrogen and oxygen atoms in total. The highest BCUT2D eigenvalue weighted by Gasteiger charge is 2.34. The second-order valence-electron chi connectivity index (χ2n) is 4.36. The van der Waals surface area contributed by atoms with Gasteiger partial charge >= 0.3 is 12.0 Å². The second-order valence-corrected chi connectivity index (χ2v) is 5.36. The molecule has 1 heterocycles. The number of hydrogen-bond acceptors (Lipinski definition) is 4. The van der Waals surface area contributed by atoms with Crippen molar-refractivity contribution in [1.82, 2.24) is 4.90 Å². The third kappa shape index (κ3) is 2.70. The second kappa shape index (κ2) is 5.84. The van der Waals surface area contributed by atoms with Gasteiger partial charge in [-0.05, 0) is 18.6 Å². The summed E-state index contributed by atoms with van der Waals surface area (Å²) in [5, 5.41) is 20.8. The summed E-state index contributed by atoms with van der Waals surface area (Å²) >= 11 is 1.39. The van der Waals surface area contributed by atoms with Crippen LogP contribution in [0.15, 0.2) is 18.2 Å². The highest BCUT2D eigenvalue weighted by Crippen LogP contribution is 2.24. The lowest BCUT2D eigenvalue weighted by Crippen LogP contribution is -2.44. The van der Waals surface area contributed by atoms with E-state index in [-0.39, 0.29) is 0 Å². The van der Waals surface area contributed by atoms with Gasteiger partial charge < -0.3 is 15.3 Å². The number of thioether (sulfide) groups is 1. The van der Waals surface area contributed by atoms with Crippen molar-refractivity contribution in [2.75, 3.05) is 16.9 Å². The first-order chi connectivity index (χ1) is 9.54. The minimum atomic E-state index is -1.02. The lowest BCUT2D eigenvalue weighted by Gasteiger charge is -2.21. The van der Waals surface area contributed by atoms with Crippen molar-refractivity contribution in [3.05, 3.63) is 29.3 Å². The van der Waals surface area contributed by atoms with Crippen molar-refractivity contribution >= 4 is 29.4 Å². The van der Waals surface area contributed by atoms with Crippen LogP contribution in [0.1, 0.15) is 11.1 Å². The summed E-state index contributed by atoms with van der Waals surface area (Å²) in [5.74, 6) is -0.312. The summed E-state index contributed by atoms with van der Waals surface area (Å²) < 4.78 is 0. The van der Waals surface area contributed by atoms with Gasteiger partial charge in [0.15, 0.2) is 0 Å². The van der Waals surface area contributed by atoms with E-state index in [0.29, 0.717) is 22.9 Å². The van der Waals surface area contributed by atoms with E-state index >= 15 is 0 Å². The van der Waals surface area contributed by atoms with E-state index in [9.17, 15) is 9.59 Å². The number of aryl methyl sites for hydroxylation is 1. The fourth-order valence-electron chi connectivity index (χ4n) is 1.95. The van der Waals surface area contributed by atoms with Gasteiger partial charge in [-0.1, -0.05) is 12.1 Å². The summed E-state index contributed by atoms with van der Waals surface area (Å²) in [6.45, 7) is 1.78. The van der Waals surface area contributed by atoms with E-state index in [1.807, 2.05) is 6.07 Å². The van der Waals surface area contributed by atoms with Crippen LogP contribution in [0.3, 0.4) is 0 Å². The van der Waals surface area contributed by atoms with Crippen molar-refractivity contribution in [1.29, 1.82) is 5.26 Å². The highest BCUT2D eigenvalue weighted by atomic mass is 32.2. The molecule has 0 bridgehead atoms. The predicted molar refractivity (Wildman–Crippen MR) is 75.5 cm³/mol. The summed E-state index contributed by atoms with van der Waals surface area (Å²) in [7, 11) is 0. The molecule has 0 saturated carbocycles. The molecule has 0 unspecified atom stereocenters. The third-order valence-electron chi connectivity index (χ3n) is 3.05. The number of aliphatic carboxylic acids is 1. The zero-order valence-corrected chi connectivity index (χ0v) is 11.6. The third-order valence-corrected chi connectivity index (χ3v) is 4.07. The van der Waals surface area contributed by atoms with Gasteiger partial charge in [-0.3, -0.25) is 0 Å². The predicted octanol–water partition coefficient (Wildman–Crippen LogP) is 1.86. The molecule has 1 fully saturated rings. The molecular formula is C13H13N3O3S. The zero-order chi connectivity index (χ0) is 14.7. The maximum Gasteiger partial charge on any atom is 0.327 e. The normalized spacial score (nSPS) is 17.6. The van der Waals surface area contributed by atoms with Crippen LogP contribution in [0.4, 0.5) is 10.5 Å². The Morgan fingerprint density at radius 3 is 2.95 bits per heavy atom. The van der Waals surface area contributed by atoms with E-state index in [2.05, 4.69) is 5.32 Å². The zero-order valence-electron chi connectivity index (χ0n) is 10.8. The Kier molecular flexibility index (Phi) is 4.15. The molecular weight excluding hydrogens is 278 g/mol. The van der Waals surface area contributed by atoms with Crippen LogP contribution in [-0.4, -0.2) is 39.7 Å². The minimum Gasteiger partial charge on any atom is -0.480 e. The van der Waals surface area contributed by atoms with Crippen LogP contribution in [0.2, 0.25) is 0 Å². The van der Waals surface area contributed by atoms with Gasteiger partial charge in [0.05, 0.1) is 17.1 Å². The molecule has 1 atom stereocenters. The molecule has 2 amide bonds. The van der Waals surface area contributed by atoms with E-state index in [0.717, 1.165) is 5.56 Å². The Morgan fingerprint density at radius 2 is 2.30 bits per heavy atom. The van der Waals surface area contributed by atoms with Crippen molar-refractivity contribution in [3.63, 3.8) is 0 Å². The monoisotopic (exact) mass is 291 g/mol. The van der Waals surface area contributed by atoms with Gasteiger partial charge in [-0.15, -0.1) is 11.8 Å². The van der Waals surface area contributed by atoms with Crippen LogP contribution in [0, 0.1) is 18.3 Å². The first-order valence-electron chi connectivity index (χ1n) is 5.92. The molecule has 1 aromatic carbocycles. The molecule has 7 heteroatoms. The highest BCUT2D eigenvalue weighted by molar-refractivity contribution is 7.99. The Hall–Kier alpha value is -2.20. The molecule has 1 saturated heterocycles. The Bertz CT molecular complexity index is 597. The van der Waals surface area contributed by atoms with E-state index < -0.39 is 18.0 Å². The number of rotatable bonds is 2. The Balaban J connectivity index is 2.19. The number of carbonyl (C=O) groups is 2. The van der Waals surface area contributed by atoms with Gasteiger partial charge in [-0.25, -0.2) is 9.59 Å². The number of carbonyl (C=O) groups excluding carboxylic acids is 1. The van der Waals surface area contributed by atoms with Gasteiger partial charge in [0.25, 0.3) is 0 Å². The molecule has 1 aliphatic heterocycles. The summed E-state index contributed by atoms with van der Waals surface area (Å²) in [6, 6.07) is 5.86. The number of nitriles is 1. The average molecular weight is 291 g/mol. The largest absolute Gasteiger partial charge is 0.480 e. The SMILES string of the molecule is Cc1cccc(NC(=O)N2CSC[C@H]2C(=O)O)c1C#N. The van der Waals surface area contributed by atoms with E-state index in [1.165, 1.54) is 16.7 Å². The Labute approximate surface area is 120 Å². The number of nitrogens with one attached hydrogen (secondary N) is 1. The standard InChI is InChI=1S/C13H13N3O3S/c1-8-3-2-4-10(9(8)5-14)15-13(19)16-7-20-6-11(16)12(17)18/h2-4,11H,6-7H2,1H3,(H,15,19)(H,17,18)/t11-/m0/s1. The van der Waals surface area contributed by atoms with Crippen molar-refractivity contribution in [2.45, 2.75) is 13.0 Å². The summed E-state index contributed by atoms with van der Waals surface area (Å²) in [4.78, 5) is 24.5. The lowest BCUT2D eigenvalue weighted by molar-refractivity contribution is -0.140. The first-order valence-corrected chi connectivity index (χ1v) is 7.08. The molecule has 104 valence electrons. The van der Waals surface area contributed by atoms with Gasteiger partial charge in [0.1, 0.15) is 12.1 Å². The number of nitrogens with zero attached hydrogens (tertiary/aromatic N) is 2. The molecule has 2 N–H and O–H groups in total. The molecule has 1 aliphatic rings. The van der Waals surface area contributed by atoms with Gasteiger partial charge in [0.2, 0.25) is 0 Å². The minimum absolute atomic E-state index is 0.330. The number of carboxylic acids is 1. The van der Waals surface area contributed by atoms with Crippen molar-refractivity contribution in [3.8, 4) is 6.07 Å². The number of anilines is 1. The van der Waals surface area contributed by atoms with Gasteiger partial charge in [-0.2, -0.15) is 5.26 Å². The summed E-state index contributed by atoms with van der Waals surface area (Å²) in [5.41, 5.74) is 1.55. The lowest BCUT2D eigenvalue weighted by atomic mass is 10.1. The van der Waals surface area contributed by atoms with Crippen molar-refractivity contribution < 1.29 is 14.7 Å².